The van der Waals surface area contributed by atoms with Crippen molar-refractivity contribution >= 4 is 11.6 Å². The summed E-state index contributed by atoms with van der Waals surface area (Å²) in [6.45, 7) is 7.34. The zero-order valence-electron chi connectivity index (χ0n) is 10.1. The summed E-state index contributed by atoms with van der Waals surface area (Å²) in [4.78, 5) is 13.0. The van der Waals surface area contributed by atoms with Crippen molar-refractivity contribution in [1.29, 1.82) is 0 Å². The lowest BCUT2D eigenvalue weighted by Crippen LogP contribution is -2.58. The molecule has 0 radical (unpaired) electrons. The minimum absolute atomic E-state index is 0.141. The van der Waals surface area contributed by atoms with Gasteiger partial charge in [-0.15, -0.1) is 0 Å². The van der Waals surface area contributed by atoms with Gasteiger partial charge in [0.1, 0.15) is 0 Å². The highest BCUT2D eigenvalue weighted by molar-refractivity contribution is 5.57. The first-order chi connectivity index (χ1) is 7.50. The van der Waals surface area contributed by atoms with Crippen LogP contribution in [-0.2, 0) is 0 Å². The van der Waals surface area contributed by atoms with Gasteiger partial charge in [-0.2, -0.15) is 0 Å². The molecule has 2 heterocycles. The van der Waals surface area contributed by atoms with E-state index in [1.807, 2.05) is 0 Å². The number of anilines is 2. The van der Waals surface area contributed by atoms with E-state index in [4.69, 9.17) is 5.73 Å². The number of rotatable bonds is 1. The smallest absolute Gasteiger partial charge is 0.171 e. The van der Waals surface area contributed by atoms with E-state index in [1.54, 1.807) is 12.4 Å². The van der Waals surface area contributed by atoms with Gasteiger partial charge in [-0.3, -0.25) is 4.90 Å². The van der Waals surface area contributed by atoms with Crippen molar-refractivity contribution in [1.82, 2.24) is 14.9 Å². The molecule has 0 saturated carbocycles. The van der Waals surface area contributed by atoms with Crippen LogP contribution in [0.2, 0.25) is 0 Å². The summed E-state index contributed by atoms with van der Waals surface area (Å²) < 4.78 is 0. The highest BCUT2D eigenvalue weighted by Crippen LogP contribution is 2.25. The van der Waals surface area contributed by atoms with E-state index in [0.717, 1.165) is 25.5 Å². The lowest BCUT2D eigenvalue weighted by Gasteiger charge is -2.45. The summed E-state index contributed by atoms with van der Waals surface area (Å²) in [5.41, 5.74) is 5.99. The molecule has 0 amide bonds. The zero-order valence-corrected chi connectivity index (χ0v) is 10.1. The molecule has 2 rings (SSSR count). The molecule has 0 aromatic carbocycles. The minimum atomic E-state index is 0.141. The third kappa shape index (κ3) is 1.95. The maximum Gasteiger partial charge on any atom is 0.171 e. The zero-order chi connectivity index (χ0) is 11.8. The van der Waals surface area contributed by atoms with E-state index in [2.05, 4.69) is 40.7 Å². The van der Waals surface area contributed by atoms with Crippen LogP contribution in [0, 0.1) is 0 Å². The van der Waals surface area contributed by atoms with Crippen LogP contribution in [0.25, 0.3) is 0 Å². The lowest BCUT2D eigenvalue weighted by molar-refractivity contribution is 0.138. The van der Waals surface area contributed by atoms with Gasteiger partial charge in [0.15, 0.2) is 11.6 Å². The predicted octanol–water partition coefficient (Wildman–Crippen LogP) is 0.589. The topological polar surface area (TPSA) is 58.3 Å². The van der Waals surface area contributed by atoms with Crippen LogP contribution in [0.5, 0.6) is 0 Å². The van der Waals surface area contributed by atoms with Crippen LogP contribution in [0.4, 0.5) is 11.6 Å². The summed E-state index contributed by atoms with van der Waals surface area (Å²) in [5.74, 6) is 1.33. The van der Waals surface area contributed by atoms with Crippen LogP contribution in [0.1, 0.15) is 13.8 Å². The average Bonchev–Trinajstić information content (AvgIpc) is 2.23. The Balaban J connectivity index is 2.21. The average molecular weight is 221 g/mol. The molecule has 88 valence electrons. The van der Waals surface area contributed by atoms with E-state index in [0.29, 0.717) is 5.82 Å². The maximum atomic E-state index is 5.85. The molecule has 0 spiro atoms. The number of hydrogen-bond donors (Lipinski definition) is 1. The molecule has 1 aliphatic heterocycles. The molecule has 1 aromatic rings. The van der Waals surface area contributed by atoms with Crippen LogP contribution in [0.3, 0.4) is 0 Å². The number of piperazine rings is 1. The van der Waals surface area contributed by atoms with Crippen LogP contribution in [-0.4, -0.2) is 47.1 Å². The largest absolute Gasteiger partial charge is 0.381 e. The molecule has 5 heteroatoms. The Labute approximate surface area is 96.3 Å². The summed E-state index contributed by atoms with van der Waals surface area (Å²) in [6, 6.07) is 0. The molecular weight excluding hydrogens is 202 g/mol. The van der Waals surface area contributed by atoms with Crippen molar-refractivity contribution in [3.8, 4) is 0 Å². The molecule has 1 saturated heterocycles. The second-order valence-electron chi connectivity index (χ2n) is 4.92. The molecule has 1 aliphatic rings. The van der Waals surface area contributed by atoms with Crippen molar-refractivity contribution in [3.05, 3.63) is 12.4 Å². The van der Waals surface area contributed by atoms with Crippen molar-refractivity contribution in [3.63, 3.8) is 0 Å². The second-order valence-corrected chi connectivity index (χ2v) is 4.92. The molecule has 0 atom stereocenters. The number of likely N-dealkylation sites (N-methyl/N-ethyl adjacent to an activating group) is 1. The second kappa shape index (κ2) is 3.90. The molecule has 0 bridgehead atoms. The fourth-order valence-electron chi connectivity index (χ4n) is 2.01. The SMILES string of the molecule is CN1CCN(c2nccnc2N)CC1(C)C. The van der Waals surface area contributed by atoms with Crippen molar-refractivity contribution in [2.75, 3.05) is 37.3 Å². The monoisotopic (exact) mass is 221 g/mol. The first kappa shape index (κ1) is 11.1. The van der Waals surface area contributed by atoms with E-state index >= 15 is 0 Å². The highest BCUT2D eigenvalue weighted by atomic mass is 15.3. The Hall–Kier alpha value is -1.36. The maximum absolute atomic E-state index is 5.85. The number of nitrogen functional groups attached to an aromatic ring is 1. The van der Waals surface area contributed by atoms with E-state index < -0.39 is 0 Å². The number of nitrogens with zero attached hydrogens (tertiary/aromatic N) is 4. The summed E-state index contributed by atoms with van der Waals surface area (Å²) in [5, 5.41) is 0. The summed E-state index contributed by atoms with van der Waals surface area (Å²) in [7, 11) is 2.15. The predicted molar refractivity (Wildman–Crippen MR) is 65.4 cm³/mol. The Morgan fingerprint density at radius 1 is 1.25 bits per heavy atom. The van der Waals surface area contributed by atoms with Crippen LogP contribution >= 0.6 is 0 Å². The van der Waals surface area contributed by atoms with Gasteiger partial charge in [0, 0.05) is 37.6 Å². The lowest BCUT2D eigenvalue weighted by atomic mass is 10.00. The minimum Gasteiger partial charge on any atom is -0.381 e. The van der Waals surface area contributed by atoms with Gasteiger partial charge in [0.25, 0.3) is 0 Å². The number of aromatic nitrogens is 2. The third-order valence-corrected chi connectivity index (χ3v) is 3.32. The highest BCUT2D eigenvalue weighted by Gasteiger charge is 2.32. The molecule has 2 N–H and O–H groups in total. The van der Waals surface area contributed by atoms with E-state index in [9.17, 15) is 0 Å². The van der Waals surface area contributed by atoms with Crippen molar-refractivity contribution in [2.24, 2.45) is 0 Å². The summed E-state index contributed by atoms with van der Waals surface area (Å²) in [6.07, 6.45) is 3.32. The molecular formula is C11H19N5. The molecule has 1 aromatic heterocycles. The van der Waals surface area contributed by atoms with Crippen LogP contribution < -0.4 is 10.6 Å². The Kier molecular flexibility index (Phi) is 2.71. The van der Waals surface area contributed by atoms with Gasteiger partial charge in [-0.1, -0.05) is 0 Å². The van der Waals surface area contributed by atoms with Gasteiger partial charge in [-0.05, 0) is 20.9 Å². The van der Waals surface area contributed by atoms with Gasteiger partial charge < -0.3 is 10.6 Å². The number of nitrogens with two attached hydrogens (primary N) is 1. The molecule has 0 unspecified atom stereocenters. The van der Waals surface area contributed by atoms with Crippen molar-refractivity contribution < 1.29 is 0 Å². The Bertz CT molecular complexity index is 376. The van der Waals surface area contributed by atoms with E-state index in [1.165, 1.54) is 0 Å². The van der Waals surface area contributed by atoms with Crippen molar-refractivity contribution in [2.45, 2.75) is 19.4 Å². The first-order valence-electron chi connectivity index (χ1n) is 5.53. The number of hydrogen-bond acceptors (Lipinski definition) is 5. The molecule has 1 fully saturated rings. The standard InChI is InChI=1S/C11H19N5/c1-11(2)8-16(7-6-15(11)3)10-9(12)13-4-5-14-10/h4-5H,6-8H2,1-3H3,(H2,12,13). The fraction of sp³-hybridized carbons (Fsp3) is 0.636. The first-order valence-corrected chi connectivity index (χ1v) is 5.53. The molecule has 16 heavy (non-hydrogen) atoms. The molecule has 5 nitrogen and oxygen atoms in total. The fourth-order valence-corrected chi connectivity index (χ4v) is 2.01. The Morgan fingerprint density at radius 3 is 2.56 bits per heavy atom. The van der Waals surface area contributed by atoms with E-state index in [-0.39, 0.29) is 5.54 Å². The quantitative estimate of drug-likeness (QED) is 0.752. The normalized spacial score (nSPS) is 21.1. The molecule has 0 aliphatic carbocycles. The van der Waals surface area contributed by atoms with Gasteiger partial charge in [0.2, 0.25) is 0 Å². The third-order valence-electron chi connectivity index (χ3n) is 3.32. The van der Waals surface area contributed by atoms with Gasteiger partial charge in [-0.25, -0.2) is 9.97 Å². The van der Waals surface area contributed by atoms with Gasteiger partial charge in [0.05, 0.1) is 0 Å². The summed E-state index contributed by atoms with van der Waals surface area (Å²) >= 11 is 0. The Morgan fingerprint density at radius 2 is 1.94 bits per heavy atom. The van der Waals surface area contributed by atoms with Crippen LogP contribution in [0.15, 0.2) is 12.4 Å². The van der Waals surface area contributed by atoms with Gasteiger partial charge >= 0.3 is 0 Å².